The highest BCUT2D eigenvalue weighted by atomic mass is 35.5. The molecule has 0 bridgehead atoms. The van der Waals surface area contributed by atoms with Gasteiger partial charge in [0.05, 0.1) is 0 Å². The lowest BCUT2D eigenvalue weighted by Gasteiger charge is -2.31. The highest BCUT2D eigenvalue weighted by molar-refractivity contribution is 7.99. The predicted octanol–water partition coefficient (Wildman–Crippen LogP) is 4.41. The molecule has 0 saturated carbocycles. The molecule has 18 heavy (non-hydrogen) atoms. The second kappa shape index (κ2) is 8.08. The second-order valence-electron chi connectivity index (χ2n) is 5.51. The third-order valence-corrected chi connectivity index (χ3v) is 4.18. The molecule has 3 heteroatoms. The molecule has 0 amide bonds. The minimum atomic E-state index is 0.270. The summed E-state index contributed by atoms with van der Waals surface area (Å²) in [4.78, 5) is 1.34. The average molecular weight is 286 g/mol. The van der Waals surface area contributed by atoms with E-state index in [0.29, 0.717) is 6.04 Å². The molecular weight excluding hydrogens is 262 g/mol. The van der Waals surface area contributed by atoms with Gasteiger partial charge in [-0.2, -0.15) is 0 Å². The molecule has 0 saturated heterocycles. The Bertz CT molecular complexity index is 321. The van der Waals surface area contributed by atoms with E-state index in [9.17, 15) is 0 Å². The fraction of sp³-hybridized carbons (Fsp3) is 0.600. The Balaban J connectivity index is 2.27. The zero-order valence-electron chi connectivity index (χ0n) is 11.6. The monoisotopic (exact) mass is 285 g/mol. The Kier molecular flexibility index (Phi) is 7.13. The SMILES string of the molecule is CC(C)(C)C(CCCl)NCCSc1ccccc1. The molecule has 1 atom stereocenters. The van der Waals surface area contributed by atoms with E-state index in [4.69, 9.17) is 11.6 Å². The zero-order valence-corrected chi connectivity index (χ0v) is 13.2. The third kappa shape index (κ3) is 6.12. The van der Waals surface area contributed by atoms with Crippen LogP contribution in [0.1, 0.15) is 27.2 Å². The standard InChI is InChI=1S/C15H24ClNS/c1-15(2,3)14(9-10-16)17-11-12-18-13-7-5-4-6-8-13/h4-8,14,17H,9-12H2,1-3H3. The first-order valence-corrected chi connectivity index (χ1v) is 8.03. The fourth-order valence-electron chi connectivity index (χ4n) is 1.87. The molecule has 1 nitrogen and oxygen atoms in total. The number of thioether (sulfide) groups is 1. The maximum atomic E-state index is 5.87. The molecule has 0 aromatic heterocycles. The van der Waals surface area contributed by atoms with E-state index in [-0.39, 0.29) is 5.41 Å². The van der Waals surface area contributed by atoms with Gasteiger partial charge in [0.2, 0.25) is 0 Å². The van der Waals surface area contributed by atoms with Crippen molar-refractivity contribution < 1.29 is 0 Å². The molecule has 102 valence electrons. The second-order valence-corrected chi connectivity index (χ2v) is 7.06. The minimum absolute atomic E-state index is 0.270. The molecule has 0 spiro atoms. The van der Waals surface area contributed by atoms with Crippen LogP contribution in [0.25, 0.3) is 0 Å². The molecule has 0 aliphatic rings. The quantitative estimate of drug-likeness (QED) is 0.452. The Morgan fingerprint density at radius 2 is 1.89 bits per heavy atom. The van der Waals surface area contributed by atoms with Crippen LogP contribution in [-0.2, 0) is 0 Å². The van der Waals surface area contributed by atoms with Crippen LogP contribution in [0.2, 0.25) is 0 Å². The van der Waals surface area contributed by atoms with Crippen molar-refractivity contribution in [3.8, 4) is 0 Å². The van der Waals surface area contributed by atoms with E-state index >= 15 is 0 Å². The fourth-order valence-corrected chi connectivity index (χ4v) is 2.89. The summed E-state index contributed by atoms with van der Waals surface area (Å²) in [5.74, 6) is 1.82. The molecule has 0 aliphatic heterocycles. The lowest BCUT2D eigenvalue weighted by Crippen LogP contribution is -2.41. The van der Waals surface area contributed by atoms with Crippen molar-refractivity contribution in [2.45, 2.75) is 38.1 Å². The van der Waals surface area contributed by atoms with Gasteiger partial charge < -0.3 is 5.32 Å². The van der Waals surface area contributed by atoms with E-state index in [1.54, 1.807) is 0 Å². The largest absolute Gasteiger partial charge is 0.313 e. The van der Waals surface area contributed by atoms with Crippen LogP contribution in [0, 0.1) is 5.41 Å². The average Bonchev–Trinajstić information content (AvgIpc) is 2.33. The van der Waals surface area contributed by atoms with E-state index in [1.165, 1.54) is 4.90 Å². The Hall–Kier alpha value is -0.180. The van der Waals surface area contributed by atoms with Gasteiger partial charge in [-0.15, -0.1) is 23.4 Å². The third-order valence-electron chi connectivity index (χ3n) is 2.95. The van der Waals surface area contributed by atoms with Crippen LogP contribution in [0.4, 0.5) is 0 Å². The molecule has 0 aliphatic carbocycles. The molecule has 1 aromatic rings. The summed E-state index contributed by atoms with van der Waals surface area (Å²) in [6.07, 6.45) is 1.03. The van der Waals surface area contributed by atoms with Gasteiger partial charge in [-0.05, 0) is 24.0 Å². The smallest absolute Gasteiger partial charge is 0.0238 e. The first kappa shape index (κ1) is 15.9. The van der Waals surface area contributed by atoms with Crippen molar-refractivity contribution in [3.63, 3.8) is 0 Å². The zero-order chi connectivity index (χ0) is 13.4. The number of hydrogen-bond donors (Lipinski definition) is 1. The molecule has 0 heterocycles. The summed E-state index contributed by atoms with van der Waals surface area (Å²) in [5.41, 5.74) is 0.270. The van der Waals surface area contributed by atoms with Gasteiger partial charge in [0.25, 0.3) is 0 Å². The van der Waals surface area contributed by atoms with Crippen LogP contribution in [0.5, 0.6) is 0 Å². The Labute approximate surface area is 121 Å². The van der Waals surface area contributed by atoms with Gasteiger partial charge in [0.15, 0.2) is 0 Å². The summed E-state index contributed by atoms with van der Waals surface area (Å²) in [6.45, 7) is 7.82. The summed E-state index contributed by atoms with van der Waals surface area (Å²) in [6, 6.07) is 11.0. The summed E-state index contributed by atoms with van der Waals surface area (Å²) < 4.78 is 0. The van der Waals surface area contributed by atoms with Crippen LogP contribution in [-0.4, -0.2) is 24.2 Å². The summed E-state index contributed by atoms with van der Waals surface area (Å²) in [7, 11) is 0. The normalized spacial score (nSPS) is 13.6. The van der Waals surface area contributed by atoms with Gasteiger partial charge in [-0.25, -0.2) is 0 Å². The van der Waals surface area contributed by atoms with Gasteiger partial charge >= 0.3 is 0 Å². The van der Waals surface area contributed by atoms with E-state index in [2.05, 4.69) is 56.4 Å². The van der Waals surface area contributed by atoms with E-state index in [0.717, 1.165) is 24.6 Å². The van der Waals surface area contributed by atoms with Crippen molar-refractivity contribution in [1.82, 2.24) is 5.32 Å². The molecule has 1 unspecified atom stereocenters. The molecule has 1 aromatic carbocycles. The molecule has 0 fully saturated rings. The van der Waals surface area contributed by atoms with Crippen LogP contribution < -0.4 is 5.32 Å². The van der Waals surface area contributed by atoms with E-state index in [1.807, 2.05) is 11.8 Å². The maximum Gasteiger partial charge on any atom is 0.0238 e. The Morgan fingerprint density at radius 1 is 1.22 bits per heavy atom. The minimum Gasteiger partial charge on any atom is -0.313 e. The first-order chi connectivity index (χ1) is 8.54. The highest BCUT2D eigenvalue weighted by Crippen LogP contribution is 2.22. The summed E-state index contributed by atoms with van der Waals surface area (Å²) >= 11 is 7.76. The number of halogens is 1. The molecule has 0 radical (unpaired) electrons. The lowest BCUT2D eigenvalue weighted by molar-refractivity contribution is 0.266. The van der Waals surface area contributed by atoms with Crippen molar-refractivity contribution in [3.05, 3.63) is 30.3 Å². The topological polar surface area (TPSA) is 12.0 Å². The van der Waals surface area contributed by atoms with Crippen LogP contribution in [0.15, 0.2) is 35.2 Å². The van der Waals surface area contributed by atoms with E-state index < -0.39 is 0 Å². The maximum absolute atomic E-state index is 5.87. The highest BCUT2D eigenvalue weighted by Gasteiger charge is 2.22. The van der Waals surface area contributed by atoms with Crippen molar-refractivity contribution in [2.75, 3.05) is 18.2 Å². The number of hydrogen-bond acceptors (Lipinski definition) is 2. The molecule has 1 N–H and O–H groups in total. The van der Waals surface area contributed by atoms with Crippen molar-refractivity contribution in [2.24, 2.45) is 5.41 Å². The van der Waals surface area contributed by atoms with Gasteiger partial charge in [-0.1, -0.05) is 39.0 Å². The molecule has 1 rings (SSSR count). The number of benzene rings is 1. The van der Waals surface area contributed by atoms with Crippen molar-refractivity contribution in [1.29, 1.82) is 0 Å². The van der Waals surface area contributed by atoms with Gasteiger partial charge in [0.1, 0.15) is 0 Å². The molecular formula is C15H24ClNS. The van der Waals surface area contributed by atoms with Gasteiger partial charge in [0, 0.05) is 29.1 Å². The van der Waals surface area contributed by atoms with Crippen LogP contribution >= 0.6 is 23.4 Å². The predicted molar refractivity (Wildman–Crippen MR) is 83.7 cm³/mol. The summed E-state index contributed by atoms with van der Waals surface area (Å²) in [5, 5.41) is 3.63. The number of rotatable bonds is 7. The van der Waals surface area contributed by atoms with Crippen molar-refractivity contribution >= 4 is 23.4 Å². The number of nitrogens with one attached hydrogen (secondary N) is 1. The number of alkyl halides is 1. The van der Waals surface area contributed by atoms with Crippen LogP contribution in [0.3, 0.4) is 0 Å². The lowest BCUT2D eigenvalue weighted by atomic mass is 9.85. The first-order valence-electron chi connectivity index (χ1n) is 6.51. The Morgan fingerprint density at radius 3 is 2.44 bits per heavy atom. The van der Waals surface area contributed by atoms with Gasteiger partial charge in [-0.3, -0.25) is 0 Å².